The highest BCUT2D eigenvalue weighted by atomic mass is 35.5. The van der Waals surface area contributed by atoms with Crippen molar-refractivity contribution in [3.63, 3.8) is 0 Å². The van der Waals surface area contributed by atoms with Crippen LogP contribution >= 0.6 is 11.6 Å². The van der Waals surface area contributed by atoms with Crippen molar-refractivity contribution in [2.24, 2.45) is 4.99 Å². The van der Waals surface area contributed by atoms with Crippen molar-refractivity contribution in [1.82, 2.24) is 4.90 Å². The molecule has 0 rings (SSSR count). The second kappa shape index (κ2) is 3.51. The number of nitrogens with zero attached hydrogens (tertiary/aromatic N) is 2. The number of halogens is 1. The molecular formula is C6H11ClN2. The molecule has 3 heteroatoms. The number of likely N-dealkylation sites (N-methyl/N-ethyl adjacent to an activating group) is 1. The van der Waals surface area contributed by atoms with Crippen LogP contribution in [0.15, 0.2) is 16.6 Å². The smallest absolute Gasteiger partial charge is 0.141 e. The predicted molar refractivity (Wildman–Crippen MR) is 42.0 cm³/mol. The number of aliphatic imine (C=N–C) groups is 1. The molecule has 0 aromatic rings. The first kappa shape index (κ1) is 8.50. The topological polar surface area (TPSA) is 15.6 Å². The quantitative estimate of drug-likeness (QED) is 0.403. The van der Waals surface area contributed by atoms with Crippen molar-refractivity contribution in [3.05, 3.63) is 11.6 Å². The summed E-state index contributed by atoms with van der Waals surface area (Å²) in [5, 5.41) is 0.475. The van der Waals surface area contributed by atoms with Crippen molar-refractivity contribution >= 4 is 17.4 Å². The minimum atomic E-state index is 0.475. The van der Waals surface area contributed by atoms with Crippen LogP contribution in [0.5, 0.6) is 0 Å². The van der Waals surface area contributed by atoms with Crippen LogP contribution in [0.4, 0.5) is 0 Å². The van der Waals surface area contributed by atoms with E-state index < -0.39 is 0 Å². The third-order valence-corrected chi connectivity index (χ3v) is 1.05. The summed E-state index contributed by atoms with van der Waals surface area (Å²) in [6, 6.07) is 0. The van der Waals surface area contributed by atoms with E-state index in [0.29, 0.717) is 5.03 Å². The Kier molecular flexibility index (Phi) is 3.32. The molecule has 0 unspecified atom stereocenters. The maximum absolute atomic E-state index is 5.57. The third-order valence-electron chi connectivity index (χ3n) is 0.878. The minimum absolute atomic E-state index is 0.475. The van der Waals surface area contributed by atoms with Gasteiger partial charge in [-0.25, -0.2) is 0 Å². The van der Waals surface area contributed by atoms with E-state index in [-0.39, 0.29) is 0 Å². The molecule has 0 aromatic carbocycles. The summed E-state index contributed by atoms with van der Waals surface area (Å²) in [7, 11) is 5.43. The monoisotopic (exact) mass is 146 g/mol. The van der Waals surface area contributed by atoms with E-state index in [2.05, 4.69) is 11.6 Å². The van der Waals surface area contributed by atoms with Crippen molar-refractivity contribution in [1.29, 1.82) is 0 Å². The highest BCUT2D eigenvalue weighted by Crippen LogP contribution is 2.01. The maximum atomic E-state index is 5.57. The summed E-state index contributed by atoms with van der Waals surface area (Å²) in [5.41, 5.74) is 0. The second-order valence-electron chi connectivity index (χ2n) is 1.85. The number of amidine groups is 1. The van der Waals surface area contributed by atoms with Gasteiger partial charge in [-0.1, -0.05) is 18.2 Å². The summed E-state index contributed by atoms with van der Waals surface area (Å²) in [4.78, 5) is 5.71. The molecule has 0 spiro atoms. The van der Waals surface area contributed by atoms with Gasteiger partial charge < -0.3 is 4.90 Å². The Balaban J connectivity index is 4.19. The fraction of sp³-hybridized carbons (Fsp3) is 0.500. The molecule has 52 valence electrons. The maximum Gasteiger partial charge on any atom is 0.141 e. The summed E-state index contributed by atoms with van der Waals surface area (Å²) in [6.45, 7) is 3.54. The first-order valence-electron chi connectivity index (χ1n) is 2.58. The normalized spacial score (nSPS) is 11.3. The number of hydrogen-bond donors (Lipinski definition) is 0. The van der Waals surface area contributed by atoms with Crippen LogP contribution in [0.25, 0.3) is 0 Å². The zero-order chi connectivity index (χ0) is 7.44. The first-order chi connectivity index (χ1) is 4.09. The molecule has 0 aliphatic heterocycles. The zero-order valence-corrected chi connectivity index (χ0v) is 6.74. The molecule has 0 aliphatic carbocycles. The van der Waals surface area contributed by atoms with Gasteiger partial charge in [0.15, 0.2) is 0 Å². The van der Waals surface area contributed by atoms with Gasteiger partial charge in [-0.05, 0) is 0 Å². The molecule has 0 aromatic heterocycles. The van der Waals surface area contributed by atoms with Gasteiger partial charge in [0.05, 0.1) is 5.03 Å². The van der Waals surface area contributed by atoms with Crippen molar-refractivity contribution in [2.75, 3.05) is 21.1 Å². The zero-order valence-electron chi connectivity index (χ0n) is 5.98. The summed E-state index contributed by atoms with van der Waals surface area (Å²) in [5.74, 6) is 0.719. The molecule has 0 saturated carbocycles. The highest BCUT2D eigenvalue weighted by Gasteiger charge is 2.00. The van der Waals surface area contributed by atoms with E-state index in [1.165, 1.54) is 0 Å². The van der Waals surface area contributed by atoms with Crippen LogP contribution in [-0.4, -0.2) is 31.9 Å². The van der Waals surface area contributed by atoms with Crippen LogP contribution in [0.3, 0.4) is 0 Å². The van der Waals surface area contributed by atoms with E-state index >= 15 is 0 Å². The van der Waals surface area contributed by atoms with Gasteiger partial charge in [0.1, 0.15) is 5.84 Å². The lowest BCUT2D eigenvalue weighted by molar-refractivity contribution is 0.624. The standard InChI is InChI=1S/C6H11ClN2/c1-5(7)6(8-2)9(3)4/h1H2,2-4H3. The molecule has 0 heterocycles. The van der Waals surface area contributed by atoms with Crippen molar-refractivity contribution < 1.29 is 0 Å². The van der Waals surface area contributed by atoms with Crippen LogP contribution < -0.4 is 0 Å². The lowest BCUT2D eigenvalue weighted by Gasteiger charge is -2.12. The average Bonchev–Trinajstić information content (AvgIpc) is 1.64. The van der Waals surface area contributed by atoms with Crippen molar-refractivity contribution in [2.45, 2.75) is 0 Å². The average molecular weight is 147 g/mol. The van der Waals surface area contributed by atoms with E-state index in [4.69, 9.17) is 11.6 Å². The molecule has 0 saturated heterocycles. The van der Waals surface area contributed by atoms with Gasteiger partial charge >= 0.3 is 0 Å². The number of rotatable bonds is 1. The molecular weight excluding hydrogens is 136 g/mol. The van der Waals surface area contributed by atoms with Gasteiger partial charge in [-0.2, -0.15) is 0 Å². The highest BCUT2D eigenvalue weighted by molar-refractivity contribution is 6.42. The van der Waals surface area contributed by atoms with Crippen molar-refractivity contribution in [3.8, 4) is 0 Å². The van der Waals surface area contributed by atoms with Gasteiger partial charge in [0, 0.05) is 21.1 Å². The SMILES string of the molecule is C=C(Cl)C(=NC)N(C)C. The molecule has 0 amide bonds. The molecule has 9 heavy (non-hydrogen) atoms. The van der Waals surface area contributed by atoms with Gasteiger partial charge in [-0.3, -0.25) is 4.99 Å². The Morgan fingerprint density at radius 3 is 2.00 bits per heavy atom. The number of hydrogen-bond acceptors (Lipinski definition) is 1. The van der Waals surface area contributed by atoms with E-state index in [0.717, 1.165) is 5.84 Å². The molecule has 0 bridgehead atoms. The molecule has 0 N–H and O–H groups in total. The van der Waals surface area contributed by atoms with Crippen LogP contribution in [0.2, 0.25) is 0 Å². The van der Waals surface area contributed by atoms with Gasteiger partial charge in [0.25, 0.3) is 0 Å². The predicted octanol–water partition coefficient (Wildman–Crippen LogP) is 1.33. The lowest BCUT2D eigenvalue weighted by atomic mass is 10.5. The van der Waals surface area contributed by atoms with Gasteiger partial charge in [-0.15, -0.1) is 0 Å². The van der Waals surface area contributed by atoms with Crippen LogP contribution in [0, 0.1) is 0 Å². The van der Waals surface area contributed by atoms with E-state index in [1.807, 2.05) is 19.0 Å². The second-order valence-corrected chi connectivity index (χ2v) is 2.30. The van der Waals surface area contributed by atoms with E-state index in [1.54, 1.807) is 7.05 Å². The van der Waals surface area contributed by atoms with E-state index in [9.17, 15) is 0 Å². The summed E-state index contributed by atoms with van der Waals surface area (Å²) < 4.78 is 0. The Labute approximate surface area is 60.8 Å². The fourth-order valence-corrected chi connectivity index (χ4v) is 0.817. The Bertz CT molecular complexity index is 138. The molecule has 0 aliphatic rings. The Morgan fingerprint density at radius 2 is 2.00 bits per heavy atom. The molecule has 2 nitrogen and oxygen atoms in total. The molecule has 0 fully saturated rings. The Morgan fingerprint density at radius 1 is 1.56 bits per heavy atom. The lowest BCUT2D eigenvalue weighted by Crippen LogP contribution is -2.21. The molecule has 0 radical (unpaired) electrons. The Hall–Kier alpha value is -0.500. The van der Waals surface area contributed by atoms with Gasteiger partial charge in [0.2, 0.25) is 0 Å². The largest absolute Gasteiger partial charge is 0.362 e. The van der Waals surface area contributed by atoms with Crippen LogP contribution in [0.1, 0.15) is 0 Å². The van der Waals surface area contributed by atoms with Crippen LogP contribution in [-0.2, 0) is 0 Å². The third kappa shape index (κ3) is 2.51. The fourth-order valence-electron chi connectivity index (χ4n) is 0.564. The first-order valence-corrected chi connectivity index (χ1v) is 2.96. The summed E-state index contributed by atoms with van der Waals surface area (Å²) in [6.07, 6.45) is 0. The molecule has 0 atom stereocenters. The minimum Gasteiger partial charge on any atom is -0.362 e. The summed E-state index contributed by atoms with van der Waals surface area (Å²) >= 11 is 5.57.